The molecule has 2 nitrogen and oxygen atoms in total. The molecule has 0 rings (SSSR count). The molecule has 2 N–H and O–H groups in total. The molecule has 0 saturated carbocycles. The van der Waals surface area contributed by atoms with E-state index in [1.54, 1.807) is 0 Å². The van der Waals surface area contributed by atoms with Gasteiger partial charge in [0.15, 0.2) is 0 Å². The molecule has 0 aromatic heterocycles. The van der Waals surface area contributed by atoms with Crippen molar-refractivity contribution >= 4 is 11.8 Å². The average molecular weight is 261 g/mol. The van der Waals surface area contributed by atoms with E-state index in [-0.39, 0.29) is 12.1 Å². The van der Waals surface area contributed by atoms with Gasteiger partial charge in [-0.15, -0.1) is 0 Å². The van der Waals surface area contributed by atoms with Gasteiger partial charge >= 0.3 is 0 Å². The molecule has 0 saturated heterocycles. The molecule has 0 amide bonds. The van der Waals surface area contributed by atoms with Crippen LogP contribution in [0.1, 0.15) is 60.3 Å². The highest BCUT2D eigenvalue weighted by atomic mass is 32.2. The zero-order valence-corrected chi connectivity index (χ0v) is 13.1. The van der Waals surface area contributed by atoms with Crippen molar-refractivity contribution in [2.75, 3.05) is 12.4 Å². The molecule has 2 unspecified atom stereocenters. The third-order valence-corrected chi connectivity index (χ3v) is 4.13. The fourth-order valence-electron chi connectivity index (χ4n) is 2.20. The molecule has 0 aromatic carbocycles. The van der Waals surface area contributed by atoms with Crippen LogP contribution in [0.15, 0.2) is 0 Å². The number of rotatable bonds is 10. The summed E-state index contributed by atoms with van der Waals surface area (Å²) in [7, 11) is 0. The average Bonchev–Trinajstić information content (AvgIpc) is 2.23. The third-order valence-electron chi connectivity index (χ3n) is 2.87. The molecule has 0 bridgehead atoms. The van der Waals surface area contributed by atoms with Crippen LogP contribution in [-0.2, 0) is 0 Å². The second kappa shape index (κ2) is 9.23. The van der Waals surface area contributed by atoms with Gasteiger partial charge in [-0.05, 0) is 25.5 Å². The zero-order valence-electron chi connectivity index (χ0n) is 12.3. The summed E-state index contributed by atoms with van der Waals surface area (Å²) in [5.41, 5.74) is -0.134. The molecule has 2 atom stereocenters. The highest BCUT2D eigenvalue weighted by molar-refractivity contribution is 7.99. The van der Waals surface area contributed by atoms with Gasteiger partial charge in [0.05, 0.1) is 6.61 Å². The van der Waals surface area contributed by atoms with E-state index < -0.39 is 0 Å². The van der Waals surface area contributed by atoms with E-state index in [2.05, 4.69) is 39.9 Å². The molecular weight excluding hydrogens is 230 g/mol. The van der Waals surface area contributed by atoms with Crippen LogP contribution in [-0.4, -0.2) is 34.3 Å². The largest absolute Gasteiger partial charge is 0.394 e. The maximum absolute atomic E-state index is 9.52. The molecule has 0 heterocycles. The Balaban J connectivity index is 3.92. The fraction of sp³-hybridized carbons (Fsp3) is 1.00. The van der Waals surface area contributed by atoms with Crippen LogP contribution in [0.4, 0.5) is 0 Å². The molecule has 0 fully saturated rings. The van der Waals surface area contributed by atoms with Gasteiger partial charge in [-0.25, -0.2) is 0 Å². The molecule has 17 heavy (non-hydrogen) atoms. The van der Waals surface area contributed by atoms with Crippen LogP contribution < -0.4 is 5.32 Å². The third kappa shape index (κ3) is 8.92. The van der Waals surface area contributed by atoms with E-state index in [0.717, 1.165) is 6.42 Å². The Morgan fingerprint density at radius 1 is 1.24 bits per heavy atom. The molecule has 0 spiro atoms. The molecule has 0 aliphatic carbocycles. The summed E-state index contributed by atoms with van der Waals surface area (Å²) in [6.07, 6.45) is 4.97. The predicted molar refractivity (Wildman–Crippen MR) is 79.8 cm³/mol. The monoisotopic (exact) mass is 261 g/mol. The van der Waals surface area contributed by atoms with E-state index in [1.165, 1.54) is 25.0 Å². The second-order valence-electron chi connectivity index (χ2n) is 5.61. The van der Waals surface area contributed by atoms with Crippen molar-refractivity contribution in [3.63, 3.8) is 0 Å². The van der Waals surface area contributed by atoms with E-state index in [4.69, 9.17) is 0 Å². The lowest BCUT2D eigenvalue weighted by atomic mass is 9.96. The minimum Gasteiger partial charge on any atom is -0.394 e. The van der Waals surface area contributed by atoms with E-state index in [9.17, 15) is 5.11 Å². The van der Waals surface area contributed by atoms with E-state index in [0.29, 0.717) is 11.3 Å². The number of hydrogen-bond donors (Lipinski definition) is 2. The summed E-state index contributed by atoms with van der Waals surface area (Å²) in [6.45, 7) is 11.1. The maximum atomic E-state index is 9.52. The van der Waals surface area contributed by atoms with E-state index in [1.807, 2.05) is 11.8 Å². The van der Waals surface area contributed by atoms with Gasteiger partial charge in [-0.1, -0.05) is 40.5 Å². The van der Waals surface area contributed by atoms with Crippen LogP contribution in [0, 0.1) is 0 Å². The minimum absolute atomic E-state index is 0.134. The molecular formula is C14H31NOS. The van der Waals surface area contributed by atoms with Gasteiger partial charge in [0.2, 0.25) is 0 Å². The first-order valence-electron chi connectivity index (χ1n) is 6.93. The normalized spacial score (nSPS) is 17.1. The standard InChI is InChI=1S/C14H31NOS/c1-6-7-8-9-17-13(4)10-14(5,11-16)15-12(2)3/h12-13,15-16H,6-11H2,1-5H3. The second-order valence-corrected chi connectivity index (χ2v) is 7.16. The SMILES string of the molecule is CCCCCSC(C)CC(C)(CO)NC(C)C. The van der Waals surface area contributed by atoms with Crippen molar-refractivity contribution in [3.05, 3.63) is 0 Å². The molecule has 0 aliphatic heterocycles. The van der Waals surface area contributed by atoms with Crippen LogP contribution >= 0.6 is 11.8 Å². The highest BCUT2D eigenvalue weighted by Gasteiger charge is 2.26. The number of thioether (sulfide) groups is 1. The molecule has 104 valence electrons. The first-order chi connectivity index (χ1) is 7.93. The van der Waals surface area contributed by atoms with Crippen LogP contribution in [0.25, 0.3) is 0 Å². The Labute approximate surface area is 112 Å². The van der Waals surface area contributed by atoms with Crippen molar-refractivity contribution in [2.24, 2.45) is 0 Å². The summed E-state index contributed by atoms with van der Waals surface area (Å²) in [5.74, 6) is 1.25. The number of hydrogen-bond acceptors (Lipinski definition) is 3. The number of aliphatic hydroxyl groups is 1. The quantitative estimate of drug-likeness (QED) is 0.591. The number of aliphatic hydroxyl groups excluding tert-OH is 1. The Bertz CT molecular complexity index is 187. The van der Waals surface area contributed by atoms with Gasteiger partial charge in [-0.2, -0.15) is 11.8 Å². The predicted octanol–water partition coefficient (Wildman–Crippen LogP) is 3.44. The summed E-state index contributed by atoms with van der Waals surface area (Å²) in [4.78, 5) is 0. The summed E-state index contributed by atoms with van der Waals surface area (Å²) in [6, 6.07) is 0.421. The van der Waals surface area contributed by atoms with Crippen molar-refractivity contribution < 1.29 is 5.11 Å². The smallest absolute Gasteiger partial charge is 0.0611 e. The lowest BCUT2D eigenvalue weighted by Gasteiger charge is -2.33. The van der Waals surface area contributed by atoms with Crippen molar-refractivity contribution in [3.8, 4) is 0 Å². The van der Waals surface area contributed by atoms with Crippen molar-refractivity contribution in [1.29, 1.82) is 0 Å². The fourth-order valence-corrected chi connectivity index (χ4v) is 3.45. The Kier molecular flexibility index (Phi) is 9.38. The van der Waals surface area contributed by atoms with Gasteiger partial charge in [0.1, 0.15) is 0 Å². The van der Waals surface area contributed by atoms with Crippen molar-refractivity contribution in [1.82, 2.24) is 5.32 Å². The van der Waals surface area contributed by atoms with Gasteiger partial charge < -0.3 is 10.4 Å². The number of unbranched alkanes of at least 4 members (excludes halogenated alkanes) is 2. The maximum Gasteiger partial charge on any atom is 0.0611 e. The summed E-state index contributed by atoms with van der Waals surface area (Å²) < 4.78 is 0. The van der Waals surface area contributed by atoms with Gasteiger partial charge in [-0.3, -0.25) is 0 Å². The highest BCUT2D eigenvalue weighted by Crippen LogP contribution is 2.23. The lowest BCUT2D eigenvalue weighted by molar-refractivity contribution is 0.157. The lowest BCUT2D eigenvalue weighted by Crippen LogP contribution is -2.50. The number of nitrogens with one attached hydrogen (secondary N) is 1. The Morgan fingerprint density at radius 3 is 2.35 bits per heavy atom. The van der Waals surface area contributed by atoms with Crippen LogP contribution in [0.2, 0.25) is 0 Å². The molecule has 0 aromatic rings. The first-order valence-corrected chi connectivity index (χ1v) is 7.98. The summed E-state index contributed by atoms with van der Waals surface area (Å²) in [5, 5.41) is 13.6. The molecule has 0 aliphatic rings. The topological polar surface area (TPSA) is 32.3 Å². The van der Waals surface area contributed by atoms with E-state index >= 15 is 0 Å². The van der Waals surface area contributed by atoms with Crippen molar-refractivity contribution in [2.45, 2.75) is 77.1 Å². The summed E-state index contributed by atoms with van der Waals surface area (Å²) >= 11 is 2.03. The van der Waals surface area contributed by atoms with Crippen LogP contribution in [0.5, 0.6) is 0 Å². The Hall–Kier alpha value is 0.270. The van der Waals surface area contributed by atoms with Gasteiger partial charge in [0.25, 0.3) is 0 Å². The zero-order chi connectivity index (χ0) is 13.3. The molecule has 3 heteroatoms. The van der Waals surface area contributed by atoms with Crippen LogP contribution in [0.3, 0.4) is 0 Å². The Morgan fingerprint density at radius 2 is 1.88 bits per heavy atom. The minimum atomic E-state index is -0.134. The molecule has 0 radical (unpaired) electrons. The van der Waals surface area contributed by atoms with Gasteiger partial charge in [0, 0.05) is 16.8 Å². The first kappa shape index (κ1) is 17.3.